The van der Waals surface area contributed by atoms with Gasteiger partial charge in [0, 0.05) is 0 Å². The third-order valence-electron chi connectivity index (χ3n) is 8.29. The molecule has 0 saturated carbocycles. The smallest absolute Gasteiger partial charge is 0.264 e. The van der Waals surface area contributed by atoms with Crippen LogP contribution < -0.4 is 0 Å². The van der Waals surface area contributed by atoms with Crippen molar-refractivity contribution in [3.05, 3.63) is 108 Å². The highest BCUT2D eigenvalue weighted by molar-refractivity contribution is 7.86. The average Bonchev–Trinajstić information content (AvgIpc) is 3.06. The summed E-state index contributed by atoms with van der Waals surface area (Å²) in [4.78, 5) is 0. The third-order valence-corrected chi connectivity index (χ3v) is 8.88. The molecular weight excluding hydrogens is 609 g/mol. The quantitative estimate of drug-likeness (QED) is 0.0628. The summed E-state index contributed by atoms with van der Waals surface area (Å²) in [6.07, 6.45) is 12.3. The molecule has 0 unspecified atom stereocenters. The van der Waals surface area contributed by atoms with Crippen molar-refractivity contribution in [2.24, 2.45) is 5.92 Å². The highest BCUT2D eigenvalue weighted by Crippen LogP contribution is 2.24. The summed E-state index contributed by atoms with van der Waals surface area (Å²) in [5, 5.41) is 0. The molecule has 47 heavy (non-hydrogen) atoms. The standard InChI is InChI=1S/C40H58O6S/c1-34(2)22-14-9-7-5-4-6-8-10-21-29-38(44-31-36-25-17-12-18-26-36)40(45-32-37-27-19-13-20-28-37)39(46-47(3,41)42)33-43-30-35-23-15-11-16-24-35/h11-13,15-20,23-28,34,38-40H,4-10,14,21-22,29-33H2,1-3H3/t38-,39-,40-/m1/s1. The summed E-state index contributed by atoms with van der Waals surface area (Å²) in [5.41, 5.74) is 3.04. The van der Waals surface area contributed by atoms with E-state index in [2.05, 4.69) is 13.8 Å². The van der Waals surface area contributed by atoms with E-state index in [1.165, 1.54) is 51.4 Å². The Labute approximate surface area is 285 Å². The molecule has 7 heteroatoms. The van der Waals surface area contributed by atoms with E-state index in [1.807, 2.05) is 91.0 Å². The van der Waals surface area contributed by atoms with Crippen LogP contribution >= 0.6 is 0 Å². The van der Waals surface area contributed by atoms with Gasteiger partial charge in [0.2, 0.25) is 0 Å². The topological polar surface area (TPSA) is 71.1 Å². The molecule has 0 amide bonds. The van der Waals surface area contributed by atoms with E-state index in [9.17, 15) is 8.42 Å². The molecule has 0 fully saturated rings. The zero-order valence-corrected chi connectivity index (χ0v) is 29.8. The molecule has 0 aliphatic carbocycles. The zero-order valence-electron chi connectivity index (χ0n) is 28.9. The van der Waals surface area contributed by atoms with Gasteiger partial charge in [0.15, 0.2) is 0 Å². The van der Waals surface area contributed by atoms with Gasteiger partial charge in [0.25, 0.3) is 10.1 Å². The van der Waals surface area contributed by atoms with Crippen molar-refractivity contribution < 1.29 is 26.8 Å². The second-order valence-electron chi connectivity index (χ2n) is 13.1. The monoisotopic (exact) mass is 666 g/mol. The lowest BCUT2D eigenvalue weighted by molar-refractivity contribution is -0.141. The molecule has 0 radical (unpaired) electrons. The second-order valence-corrected chi connectivity index (χ2v) is 14.7. The van der Waals surface area contributed by atoms with Crippen molar-refractivity contribution in [2.75, 3.05) is 12.9 Å². The highest BCUT2D eigenvalue weighted by atomic mass is 32.2. The summed E-state index contributed by atoms with van der Waals surface area (Å²) >= 11 is 0. The van der Waals surface area contributed by atoms with Crippen LogP contribution in [0, 0.1) is 5.92 Å². The van der Waals surface area contributed by atoms with Crippen LogP contribution in [0.15, 0.2) is 91.0 Å². The fourth-order valence-corrected chi connectivity index (χ4v) is 6.36. The predicted molar refractivity (Wildman–Crippen MR) is 191 cm³/mol. The number of rotatable bonds is 26. The molecule has 0 N–H and O–H groups in total. The van der Waals surface area contributed by atoms with Gasteiger partial charge in [-0.15, -0.1) is 0 Å². The van der Waals surface area contributed by atoms with E-state index in [1.54, 1.807) is 0 Å². The van der Waals surface area contributed by atoms with E-state index in [-0.39, 0.29) is 6.61 Å². The molecule has 3 rings (SSSR count). The molecule has 0 heterocycles. The maximum Gasteiger partial charge on any atom is 0.264 e. The maximum atomic E-state index is 12.6. The van der Waals surface area contributed by atoms with Gasteiger partial charge >= 0.3 is 0 Å². The summed E-state index contributed by atoms with van der Waals surface area (Å²) < 4.78 is 50.0. The molecule has 3 atom stereocenters. The number of ether oxygens (including phenoxy) is 3. The molecule has 0 aliphatic rings. The minimum atomic E-state index is -3.81. The Morgan fingerprint density at radius 1 is 0.532 bits per heavy atom. The van der Waals surface area contributed by atoms with Crippen LogP contribution in [0.2, 0.25) is 0 Å². The van der Waals surface area contributed by atoms with Gasteiger partial charge in [-0.25, -0.2) is 0 Å². The number of hydrogen-bond acceptors (Lipinski definition) is 6. The largest absolute Gasteiger partial charge is 0.374 e. The second kappa shape index (κ2) is 22.9. The van der Waals surface area contributed by atoms with Gasteiger partial charge in [0.05, 0.1) is 38.8 Å². The number of unbranched alkanes of at least 4 members (excludes halogenated alkanes) is 8. The van der Waals surface area contributed by atoms with Crippen molar-refractivity contribution in [1.82, 2.24) is 0 Å². The van der Waals surface area contributed by atoms with Crippen LogP contribution in [0.5, 0.6) is 0 Å². The molecule has 3 aromatic carbocycles. The third kappa shape index (κ3) is 18.0. The molecular formula is C40H58O6S. The van der Waals surface area contributed by atoms with Crippen LogP contribution in [0.1, 0.15) is 101 Å². The van der Waals surface area contributed by atoms with Gasteiger partial charge in [-0.1, -0.05) is 169 Å². The van der Waals surface area contributed by atoms with Crippen LogP contribution in [-0.4, -0.2) is 39.6 Å². The zero-order chi connectivity index (χ0) is 33.6. The van der Waals surface area contributed by atoms with Crippen LogP contribution in [0.25, 0.3) is 0 Å². The molecule has 0 aliphatic heterocycles. The molecule has 6 nitrogen and oxygen atoms in total. The number of hydrogen-bond donors (Lipinski definition) is 0. The lowest BCUT2D eigenvalue weighted by atomic mass is 9.99. The van der Waals surface area contributed by atoms with Crippen LogP contribution in [0.3, 0.4) is 0 Å². The van der Waals surface area contributed by atoms with E-state index in [0.717, 1.165) is 48.1 Å². The molecule has 0 aromatic heterocycles. The molecule has 0 bridgehead atoms. The van der Waals surface area contributed by atoms with Gasteiger partial charge in [-0.05, 0) is 29.0 Å². The van der Waals surface area contributed by atoms with E-state index in [4.69, 9.17) is 18.4 Å². The van der Waals surface area contributed by atoms with Crippen LogP contribution in [0.4, 0.5) is 0 Å². The first-order valence-electron chi connectivity index (χ1n) is 17.6. The fraction of sp³-hybridized carbons (Fsp3) is 0.550. The summed E-state index contributed by atoms with van der Waals surface area (Å²) in [7, 11) is -3.81. The minimum absolute atomic E-state index is 0.0454. The summed E-state index contributed by atoms with van der Waals surface area (Å²) in [6.45, 7) is 5.67. The normalized spacial score (nSPS) is 13.9. The van der Waals surface area contributed by atoms with Crippen molar-refractivity contribution in [2.45, 2.75) is 123 Å². The van der Waals surface area contributed by atoms with Gasteiger partial charge in [0.1, 0.15) is 12.2 Å². The first kappa shape index (κ1) is 38.9. The SMILES string of the molecule is CC(C)CCCCCCCCCCC[C@@H](OCc1ccccc1)[C@@H](OCc1ccccc1)[C@@H](COCc1ccccc1)OS(C)(=O)=O. The molecule has 260 valence electrons. The fourth-order valence-electron chi connectivity index (χ4n) is 5.75. The van der Waals surface area contributed by atoms with Gasteiger partial charge in [-0.2, -0.15) is 8.42 Å². The molecule has 0 spiro atoms. The first-order valence-corrected chi connectivity index (χ1v) is 19.4. The van der Waals surface area contributed by atoms with E-state index >= 15 is 0 Å². The van der Waals surface area contributed by atoms with Gasteiger partial charge < -0.3 is 14.2 Å². The summed E-state index contributed by atoms with van der Waals surface area (Å²) in [6, 6.07) is 29.8. The Morgan fingerprint density at radius 2 is 0.957 bits per heavy atom. The lowest BCUT2D eigenvalue weighted by Gasteiger charge is -2.33. The highest BCUT2D eigenvalue weighted by Gasteiger charge is 2.35. The van der Waals surface area contributed by atoms with E-state index < -0.39 is 28.4 Å². The van der Waals surface area contributed by atoms with E-state index in [0.29, 0.717) is 19.8 Å². The Morgan fingerprint density at radius 3 is 1.43 bits per heavy atom. The first-order chi connectivity index (χ1) is 22.8. The predicted octanol–water partition coefficient (Wildman–Crippen LogP) is 9.67. The van der Waals surface area contributed by atoms with Crippen molar-refractivity contribution >= 4 is 10.1 Å². The Balaban J connectivity index is 1.69. The van der Waals surface area contributed by atoms with Gasteiger partial charge in [-0.3, -0.25) is 4.18 Å². The Hall–Kier alpha value is -2.55. The number of benzene rings is 3. The van der Waals surface area contributed by atoms with Crippen molar-refractivity contribution in [3.8, 4) is 0 Å². The van der Waals surface area contributed by atoms with Crippen LogP contribution in [-0.2, 0) is 48.3 Å². The van der Waals surface area contributed by atoms with Crippen molar-refractivity contribution in [3.63, 3.8) is 0 Å². The Bertz CT molecular complexity index is 1280. The lowest BCUT2D eigenvalue weighted by Crippen LogP contribution is -2.46. The molecule has 3 aromatic rings. The Kier molecular flexibility index (Phi) is 19.0. The van der Waals surface area contributed by atoms with Crippen molar-refractivity contribution in [1.29, 1.82) is 0 Å². The minimum Gasteiger partial charge on any atom is -0.374 e. The molecule has 0 saturated heterocycles. The summed E-state index contributed by atoms with van der Waals surface area (Å²) in [5.74, 6) is 0.800. The maximum absolute atomic E-state index is 12.6. The average molecular weight is 667 g/mol.